The maximum atomic E-state index is 10.9. The van der Waals surface area contributed by atoms with E-state index >= 15 is 0 Å². The van der Waals surface area contributed by atoms with Crippen molar-refractivity contribution in [3.63, 3.8) is 0 Å². The van der Waals surface area contributed by atoms with Crippen LogP contribution in [-0.2, 0) is 12.8 Å². The smallest absolute Gasteiger partial charge is 0.347 e. The van der Waals surface area contributed by atoms with Crippen LogP contribution in [0.4, 0.5) is 0 Å². The predicted molar refractivity (Wildman–Crippen MR) is 65.3 cm³/mol. The number of carboxylic acids is 1. The van der Waals surface area contributed by atoms with E-state index in [1.54, 1.807) is 0 Å². The molecular formula is C11H18N2O2S. The van der Waals surface area contributed by atoms with Gasteiger partial charge in [0.2, 0.25) is 0 Å². The van der Waals surface area contributed by atoms with Gasteiger partial charge >= 0.3 is 5.97 Å². The Morgan fingerprint density at radius 1 is 1.50 bits per heavy atom. The number of thiazole rings is 1. The van der Waals surface area contributed by atoms with Gasteiger partial charge in [0.1, 0.15) is 4.88 Å². The largest absolute Gasteiger partial charge is 0.477 e. The fourth-order valence-electron chi connectivity index (χ4n) is 1.46. The van der Waals surface area contributed by atoms with Gasteiger partial charge in [-0.2, -0.15) is 0 Å². The van der Waals surface area contributed by atoms with Crippen LogP contribution in [0.25, 0.3) is 0 Å². The van der Waals surface area contributed by atoms with E-state index in [0.29, 0.717) is 11.3 Å². The van der Waals surface area contributed by atoms with E-state index in [1.165, 1.54) is 11.3 Å². The van der Waals surface area contributed by atoms with Crippen molar-refractivity contribution in [2.75, 3.05) is 20.6 Å². The van der Waals surface area contributed by atoms with E-state index in [0.717, 1.165) is 30.1 Å². The highest BCUT2D eigenvalue weighted by atomic mass is 32.1. The van der Waals surface area contributed by atoms with E-state index in [-0.39, 0.29) is 0 Å². The van der Waals surface area contributed by atoms with Gasteiger partial charge in [-0.05, 0) is 33.5 Å². The van der Waals surface area contributed by atoms with Crippen molar-refractivity contribution < 1.29 is 9.90 Å². The number of aromatic carboxylic acids is 1. The van der Waals surface area contributed by atoms with Crippen LogP contribution in [0, 0.1) is 0 Å². The molecule has 0 aliphatic heterocycles. The number of aromatic nitrogens is 1. The first-order chi connectivity index (χ1) is 7.54. The number of hydrogen-bond donors (Lipinski definition) is 1. The Morgan fingerprint density at radius 2 is 2.19 bits per heavy atom. The van der Waals surface area contributed by atoms with Crippen molar-refractivity contribution in [2.24, 2.45) is 0 Å². The van der Waals surface area contributed by atoms with E-state index in [9.17, 15) is 4.79 Å². The summed E-state index contributed by atoms with van der Waals surface area (Å²) in [6.45, 7) is 2.94. The molecule has 1 heterocycles. The van der Waals surface area contributed by atoms with E-state index in [2.05, 4.69) is 9.88 Å². The van der Waals surface area contributed by atoms with Crippen LogP contribution in [0.2, 0.25) is 0 Å². The molecule has 1 N–H and O–H groups in total. The zero-order chi connectivity index (χ0) is 12.1. The normalized spacial score (nSPS) is 11.0. The molecule has 0 aliphatic rings. The summed E-state index contributed by atoms with van der Waals surface area (Å²) >= 11 is 1.31. The average molecular weight is 242 g/mol. The van der Waals surface area contributed by atoms with Crippen LogP contribution in [-0.4, -0.2) is 41.6 Å². The molecule has 0 aromatic carbocycles. The first-order valence-corrected chi connectivity index (χ1v) is 6.22. The Bertz CT molecular complexity index is 361. The summed E-state index contributed by atoms with van der Waals surface area (Å²) in [4.78, 5) is 17.8. The molecule has 0 spiro atoms. The lowest BCUT2D eigenvalue weighted by Gasteiger charge is -2.07. The summed E-state index contributed by atoms with van der Waals surface area (Å²) < 4.78 is 0. The lowest BCUT2D eigenvalue weighted by molar-refractivity contribution is 0.0701. The molecular weight excluding hydrogens is 224 g/mol. The maximum Gasteiger partial charge on any atom is 0.347 e. The molecule has 4 nitrogen and oxygen atoms in total. The van der Waals surface area contributed by atoms with Crippen LogP contribution in [0.3, 0.4) is 0 Å². The standard InChI is InChI=1S/C11H18N2O2S/c1-4-8-10(11(14)15)16-9(12-8)6-5-7-13(2)3/h4-7H2,1-3H3,(H,14,15). The van der Waals surface area contributed by atoms with Crippen LogP contribution < -0.4 is 0 Å². The molecule has 0 saturated heterocycles. The summed E-state index contributed by atoms with van der Waals surface area (Å²) in [6.07, 6.45) is 2.57. The number of carbonyl (C=O) groups is 1. The Morgan fingerprint density at radius 3 is 2.62 bits per heavy atom. The number of aryl methyl sites for hydroxylation is 2. The molecule has 1 rings (SSSR count). The summed E-state index contributed by atoms with van der Waals surface area (Å²) in [5.41, 5.74) is 0.720. The lowest BCUT2D eigenvalue weighted by Crippen LogP contribution is -2.13. The monoisotopic (exact) mass is 242 g/mol. The minimum absolute atomic E-state index is 0.405. The summed E-state index contributed by atoms with van der Waals surface area (Å²) in [5, 5.41) is 9.93. The Kier molecular flexibility index (Phi) is 4.89. The highest BCUT2D eigenvalue weighted by Crippen LogP contribution is 2.20. The molecule has 0 unspecified atom stereocenters. The van der Waals surface area contributed by atoms with Crippen molar-refractivity contribution in [3.05, 3.63) is 15.6 Å². The summed E-state index contributed by atoms with van der Waals surface area (Å²) in [7, 11) is 4.06. The van der Waals surface area contributed by atoms with E-state index < -0.39 is 5.97 Å². The van der Waals surface area contributed by atoms with Gasteiger partial charge in [-0.25, -0.2) is 9.78 Å². The fourth-order valence-corrected chi connectivity index (χ4v) is 2.49. The average Bonchev–Trinajstić information content (AvgIpc) is 2.60. The molecule has 90 valence electrons. The quantitative estimate of drug-likeness (QED) is 0.827. The number of carboxylic acid groups (broad SMARTS) is 1. The minimum Gasteiger partial charge on any atom is -0.477 e. The molecule has 0 amide bonds. The molecule has 0 bridgehead atoms. The molecule has 1 aromatic rings. The van der Waals surface area contributed by atoms with Gasteiger partial charge in [0.15, 0.2) is 0 Å². The summed E-state index contributed by atoms with van der Waals surface area (Å²) in [5.74, 6) is -0.854. The third kappa shape index (κ3) is 3.57. The first kappa shape index (κ1) is 13.1. The van der Waals surface area contributed by atoms with Crippen molar-refractivity contribution >= 4 is 17.3 Å². The van der Waals surface area contributed by atoms with Crippen molar-refractivity contribution in [1.82, 2.24) is 9.88 Å². The molecule has 0 saturated carbocycles. The van der Waals surface area contributed by atoms with Crippen LogP contribution >= 0.6 is 11.3 Å². The third-order valence-electron chi connectivity index (χ3n) is 2.27. The van der Waals surface area contributed by atoms with E-state index in [1.807, 2.05) is 21.0 Å². The highest BCUT2D eigenvalue weighted by Gasteiger charge is 2.15. The minimum atomic E-state index is -0.854. The van der Waals surface area contributed by atoms with Crippen molar-refractivity contribution in [3.8, 4) is 0 Å². The van der Waals surface area contributed by atoms with Gasteiger partial charge < -0.3 is 10.0 Å². The van der Waals surface area contributed by atoms with Gasteiger partial charge in [0.05, 0.1) is 10.7 Å². The van der Waals surface area contributed by atoms with Crippen LogP contribution in [0.5, 0.6) is 0 Å². The first-order valence-electron chi connectivity index (χ1n) is 5.41. The number of rotatable bonds is 6. The molecule has 5 heteroatoms. The SMILES string of the molecule is CCc1nc(CCCN(C)C)sc1C(=O)O. The Balaban J connectivity index is 2.64. The number of hydrogen-bond acceptors (Lipinski definition) is 4. The Labute approximate surface area is 99.9 Å². The van der Waals surface area contributed by atoms with Gasteiger partial charge in [0, 0.05) is 6.42 Å². The molecule has 0 fully saturated rings. The second-order valence-corrected chi connectivity index (χ2v) is 5.03. The van der Waals surface area contributed by atoms with Crippen molar-refractivity contribution in [1.29, 1.82) is 0 Å². The highest BCUT2D eigenvalue weighted by molar-refractivity contribution is 7.13. The fraction of sp³-hybridized carbons (Fsp3) is 0.636. The second-order valence-electron chi connectivity index (χ2n) is 3.95. The topological polar surface area (TPSA) is 53.4 Å². The molecule has 0 aliphatic carbocycles. The molecule has 0 atom stereocenters. The summed E-state index contributed by atoms with van der Waals surface area (Å²) in [6, 6.07) is 0. The Hall–Kier alpha value is -0.940. The van der Waals surface area contributed by atoms with Crippen LogP contribution in [0.1, 0.15) is 33.7 Å². The maximum absolute atomic E-state index is 10.9. The van der Waals surface area contributed by atoms with E-state index in [4.69, 9.17) is 5.11 Å². The molecule has 1 aromatic heterocycles. The predicted octanol–water partition coefficient (Wildman–Crippen LogP) is 1.90. The van der Waals surface area contributed by atoms with Crippen molar-refractivity contribution in [2.45, 2.75) is 26.2 Å². The van der Waals surface area contributed by atoms with Gasteiger partial charge in [-0.3, -0.25) is 0 Å². The third-order valence-corrected chi connectivity index (χ3v) is 3.41. The van der Waals surface area contributed by atoms with Gasteiger partial charge in [-0.1, -0.05) is 6.92 Å². The molecule has 0 radical (unpaired) electrons. The van der Waals surface area contributed by atoms with Gasteiger partial charge in [-0.15, -0.1) is 11.3 Å². The number of nitrogens with zero attached hydrogens (tertiary/aromatic N) is 2. The van der Waals surface area contributed by atoms with Gasteiger partial charge in [0.25, 0.3) is 0 Å². The lowest BCUT2D eigenvalue weighted by atomic mass is 10.3. The zero-order valence-corrected chi connectivity index (χ0v) is 10.8. The molecule has 16 heavy (non-hydrogen) atoms. The zero-order valence-electron chi connectivity index (χ0n) is 9.99. The van der Waals surface area contributed by atoms with Crippen LogP contribution in [0.15, 0.2) is 0 Å². The second kappa shape index (κ2) is 5.96.